The highest BCUT2D eigenvalue weighted by molar-refractivity contribution is 6.30. The van der Waals surface area contributed by atoms with Gasteiger partial charge in [0.1, 0.15) is 0 Å². The molecule has 1 unspecified atom stereocenters. The van der Waals surface area contributed by atoms with Crippen LogP contribution in [0.4, 0.5) is 13.2 Å². The smallest absolute Gasteiger partial charge is 0.416 e. The molecule has 0 heterocycles. The molecule has 0 aromatic heterocycles. The first-order valence-electron chi connectivity index (χ1n) is 4.32. The van der Waals surface area contributed by atoms with Gasteiger partial charge < -0.3 is 5.11 Å². The Morgan fingerprint density at radius 2 is 1.94 bits per heavy atom. The van der Waals surface area contributed by atoms with Crippen LogP contribution in [0, 0.1) is 0 Å². The summed E-state index contributed by atoms with van der Waals surface area (Å²) in [6.45, 7) is 1.30. The Bertz CT molecular complexity index is 415. The summed E-state index contributed by atoms with van der Waals surface area (Å²) >= 11 is 5.51. The van der Waals surface area contributed by atoms with Crippen LogP contribution in [0.2, 0.25) is 5.02 Å². The van der Waals surface area contributed by atoms with E-state index in [9.17, 15) is 18.0 Å². The van der Waals surface area contributed by atoms with Crippen molar-refractivity contribution >= 4 is 17.6 Å². The molecule has 0 bridgehead atoms. The fourth-order valence-corrected chi connectivity index (χ4v) is 1.41. The van der Waals surface area contributed by atoms with Crippen molar-refractivity contribution in [2.45, 2.75) is 19.0 Å². The lowest BCUT2D eigenvalue weighted by Gasteiger charge is -2.12. The maximum absolute atomic E-state index is 12.4. The lowest BCUT2D eigenvalue weighted by Crippen LogP contribution is -2.10. The van der Waals surface area contributed by atoms with Crippen molar-refractivity contribution in [3.05, 3.63) is 34.3 Å². The van der Waals surface area contributed by atoms with E-state index in [2.05, 4.69) is 0 Å². The minimum Gasteiger partial charge on any atom is -0.481 e. The highest BCUT2D eigenvalue weighted by atomic mass is 35.5. The number of carboxylic acid groups (broad SMARTS) is 1. The number of hydrogen-bond acceptors (Lipinski definition) is 1. The van der Waals surface area contributed by atoms with Gasteiger partial charge in [0, 0.05) is 5.02 Å². The molecule has 1 atom stereocenters. The van der Waals surface area contributed by atoms with Gasteiger partial charge in [-0.2, -0.15) is 13.2 Å². The van der Waals surface area contributed by atoms with Gasteiger partial charge in [-0.1, -0.05) is 11.6 Å². The fraction of sp³-hybridized carbons (Fsp3) is 0.300. The number of alkyl halides is 3. The van der Waals surface area contributed by atoms with E-state index >= 15 is 0 Å². The minimum absolute atomic E-state index is 0.0346. The molecule has 0 aliphatic heterocycles. The van der Waals surface area contributed by atoms with Crippen LogP contribution >= 0.6 is 11.6 Å². The molecule has 1 aromatic carbocycles. The number of rotatable bonds is 2. The van der Waals surface area contributed by atoms with Crippen molar-refractivity contribution in [3.63, 3.8) is 0 Å². The SMILES string of the molecule is CC(C(=O)O)c1cc(Cl)cc(C(F)(F)F)c1. The molecule has 1 rings (SSSR count). The monoisotopic (exact) mass is 252 g/mol. The number of halogens is 4. The van der Waals surface area contributed by atoms with Crippen molar-refractivity contribution in [2.75, 3.05) is 0 Å². The van der Waals surface area contributed by atoms with Crippen LogP contribution in [-0.2, 0) is 11.0 Å². The van der Waals surface area contributed by atoms with Gasteiger partial charge in [0.2, 0.25) is 0 Å². The van der Waals surface area contributed by atoms with Crippen LogP contribution in [0.25, 0.3) is 0 Å². The van der Waals surface area contributed by atoms with Crippen LogP contribution in [0.3, 0.4) is 0 Å². The average molecular weight is 253 g/mol. The number of aliphatic carboxylic acids is 1. The summed E-state index contributed by atoms with van der Waals surface area (Å²) in [5, 5.41) is 8.57. The summed E-state index contributed by atoms with van der Waals surface area (Å²) in [6, 6.07) is 2.78. The average Bonchev–Trinajstić information content (AvgIpc) is 2.14. The lowest BCUT2D eigenvalue weighted by molar-refractivity contribution is -0.139. The molecule has 0 aliphatic rings. The second-order valence-corrected chi connectivity index (χ2v) is 3.77. The topological polar surface area (TPSA) is 37.3 Å². The number of hydrogen-bond donors (Lipinski definition) is 1. The zero-order chi connectivity index (χ0) is 12.5. The zero-order valence-corrected chi connectivity index (χ0v) is 8.93. The molecule has 0 radical (unpaired) electrons. The van der Waals surface area contributed by atoms with Crippen LogP contribution in [0.15, 0.2) is 18.2 Å². The van der Waals surface area contributed by atoms with E-state index in [1.54, 1.807) is 0 Å². The molecule has 0 aliphatic carbocycles. The van der Waals surface area contributed by atoms with Crippen molar-refractivity contribution in [1.29, 1.82) is 0 Å². The van der Waals surface area contributed by atoms with Gasteiger partial charge in [0.25, 0.3) is 0 Å². The van der Waals surface area contributed by atoms with Crippen LogP contribution in [-0.4, -0.2) is 11.1 Å². The predicted molar refractivity (Wildman–Crippen MR) is 52.5 cm³/mol. The first-order chi connectivity index (χ1) is 7.21. The van der Waals surface area contributed by atoms with E-state index in [-0.39, 0.29) is 10.6 Å². The first kappa shape index (κ1) is 12.8. The van der Waals surface area contributed by atoms with Crippen LogP contribution < -0.4 is 0 Å². The van der Waals surface area contributed by atoms with E-state index in [4.69, 9.17) is 16.7 Å². The summed E-state index contributed by atoms with van der Waals surface area (Å²) < 4.78 is 37.2. The molecule has 0 saturated carbocycles. The van der Waals surface area contributed by atoms with Gasteiger partial charge in [-0.3, -0.25) is 4.79 Å². The zero-order valence-electron chi connectivity index (χ0n) is 8.18. The third kappa shape index (κ3) is 2.88. The second-order valence-electron chi connectivity index (χ2n) is 3.33. The van der Waals surface area contributed by atoms with Gasteiger partial charge >= 0.3 is 12.1 Å². The van der Waals surface area contributed by atoms with E-state index < -0.39 is 23.6 Å². The second kappa shape index (κ2) is 4.33. The van der Waals surface area contributed by atoms with Crippen LogP contribution in [0.1, 0.15) is 24.0 Å². The molecule has 88 valence electrons. The van der Waals surface area contributed by atoms with Crippen molar-refractivity contribution in [2.24, 2.45) is 0 Å². The van der Waals surface area contributed by atoms with Gasteiger partial charge in [0.05, 0.1) is 11.5 Å². The quantitative estimate of drug-likeness (QED) is 0.874. The van der Waals surface area contributed by atoms with E-state index in [1.807, 2.05) is 0 Å². The Balaban J connectivity index is 3.23. The Morgan fingerprint density at radius 3 is 2.38 bits per heavy atom. The Hall–Kier alpha value is -1.23. The van der Waals surface area contributed by atoms with Crippen molar-refractivity contribution in [1.82, 2.24) is 0 Å². The Morgan fingerprint density at radius 1 is 1.38 bits per heavy atom. The Kier molecular flexibility index (Phi) is 3.48. The summed E-state index contributed by atoms with van der Waals surface area (Å²) in [7, 11) is 0. The van der Waals surface area contributed by atoms with Crippen molar-refractivity contribution in [3.8, 4) is 0 Å². The molecular formula is C10H8ClF3O2. The summed E-state index contributed by atoms with van der Waals surface area (Å²) in [5.74, 6) is -2.23. The molecule has 0 amide bonds. The molecule has 2 nitrogen and oxygen atoms in total. The maximum atomic E-state index is 12.4. The molecule has 0 fully saturated rings. The van der Waals surface area contributed by atoms with E-state index in [0.29, 0.717) is 0 Å². The van der Waals surface area contributed by atoms with Gasteiger partial charge in [0.15, 0.2) is 0 Å². The predicted octanol–water partition coefficient (Wildman–Crippen LogP) is 3.55. The molecule has 1 aromatic rings. The molecule has 1 N–H and O–H groups in total. The fourth-order valence-electron chi connectivity index (χ4n) is 1.17. The van der Waals surface area contributed by atoms with Crippen LogP contribution in [0.5, 0.6) is 0 Å². The molecule has 0 spiro atoms. The van der Waals surface area contributed by atoms with E-state index in [1.165, 1.54) is 13.0 Å². The molecule has 0 saturated heterocycles. The summed E-state index contributed by atoms with van der Waals surface area (Å²) in [6.07, 6.45) is -4.53. The summed E-state index contributed by atoms with van der Waals surface area (Å²) in [4.78, 5) is 10.6. The van der Waals surface area contributed by atoms with E-state index in [0.717, 1.165) is 12.1 Å². The highest BCUT2D eigenvalue weighted by Crippen LogP contribution is 2.33. The normalized spacial score (nSPS) is 13.6. The maximum Gasteiger partial charge on any atom is 0.416 e. The standard InChI is InChI=1S/C10H8ClF3O2/c1-5(9(15)16)6-2-7(10(12,13)14)4-8(11)3-6/h2-5H,1H3,(H,15,16). The highest BCUT2D eigenvalue weighted by Gasteiger charge is 2.32. The van der Waals surface area contributed by atoms with Gasteiger partial charge in [-0.15, -0.1) is 0 Å². The molecular weight excluding hydrogens is 245 g/mol. The number of carbonyl (C=O) groups is 1. The largest absolute Gasteiger partial charge is 0.481 e. The third-order valence-electron chi connectivity index (χ3n) is 2.12. The summed E-state index contributed by atoms with van der Waals surface area (Å²) in [5.41, 5.74) is -0.907. The third-order valence-corrected chi connectivity index (χ3v) is 2.34. The minimum atomic E-state index is -4.53. The molecule has 6 heteroatoms. The van der Waals surface area contributed by atoms with Gasteiger partial charge in [-0.05, 0) is 30.7 Å². The first-order valence-corrected chi connectivity index (χ1v) is 4.70. The number of carboxylic acids is 1. The molecule has 16 heavy (non-hydrogen) atoms. The van der Waals surface area contributed by atoms with Crippen molar-refractivity contribution < 1.29 is 23.1 Å². The Labute approximate surface area is 94.6 Å². The lowest BCUT2D eigenvalue weighted by atomic mass is 9.99. The van der Waals surface area contributed by atoms with Gasteiger partial charge in [-0.25, -0.2) is 0 Å². The number of benzene rings is 1.